The standard InChI is InChI=1S/C25H17ClF3NO5/c26-19-10-23-22(34-13-35-23)9-16(19)11-30-20-6-5-18(7-15(20)8-21(30)24(31)32)33-12-14-1-3-17(4-2-14)25(27,28)29/h1-10H,11-13H2,(H,31,32). The van der Waals surface area contributed by atoms with Crippen molar-refractivity contribution in [2.45, 2.75) is 19.3 Å². The fraction of sp³-hybridized carbons (Fsp3) is 0.160. The first kappa shape index (κ1) is 22.9. The van der Waals surface area contributed by atoms with E-state index >= 15 is 0 Å². The molecule has 35 heavy (non-hydrogen) atoms. The van der Waals surface area contributed by atoms with Crippen molar-refractivity contribution < 1.29 is 37.3 Å². The van der Waals surface area contributed by atoms with E-state index in [4.69, 9.17) is 25.8 Å². The van der Waals surface area contributed by atoms with Crippen molar-refractivity contribution in [1.29, 1.82) is 0 Å². The summed E-state index contributed by atoms with van der Waals surface area (Å²) >= 11 is 6.39. The second-order valence-corrected chi connectivity index (χ2v) is 8.33. The minimum Gasteiger partial charge on any atom is -0.489 e. The van der Waals surface area contributed by atoms with Gasteiger partial charge in [-0.3, -0.25) is 0 Å². The van der Waals surface area contributed by atoms with Gasteiger partial charge in [0, 0.05) is 22.0 Å². The number of alkyl halides is 3. The molecule has 0 unspecified atom stereocenters. The number of halogens is 4. The Balaban J connectivity index is 1.40. The highest BCUT2D eigenvalue weighted by Gasteiger charge is 2.30. The number of hydrogen-bond donors (Lipinski definition) is 1. The Morgan fingerprint density at radius 3 is 2.43 bits per heavy atom. The van der Waals surface area contributed by atoms with Gasteiger partial charge in [-0.2, -0.15) is 13.2 Å². The molecule has 180 valence electrons. The number of ether oxygens (including phenoxy) is 3. The van der Waals surface area contributed by atoms with Gasteiger partial charge in [0.2, 0.25) is 6.79 Å². The van der Waals surface area contributed by atoms with Gasteiger partial charge >= 0.3 is 12.1 Å². The number of rotatable bonds is 6. The Morgan fingerprint density at radius 2 is 1.74 bits per heavy atom. The smallest absolute Gasteiger partial charge is 0.416 e. The molecule has 1 aliphatic heterocycles. The third kappa shape index (κ3) is 4.59. The van der Waals surface area contributed by atoms with Gasteiger partial charge in [-0.15, -0.1) is 0 Å². The molecule has 1 N–H and O–H groups in total. The van der Waals surface area contributed by atoms with Crippen molar-refractivity contribution >= 4 is 28.5 Å². The zero-order chi connectivity index (χ0) is 24.7. The minimum absolute atomic E-state index is 0.0585. The van der Waals surface area contributed by atoms with Gasteiger partial charge in [-0.05, 0) is 53.6 Å². The quantitative estimate of drug-likeness (QED) is 0.331. The van der Waals surface area contributed by atoms with Crippen LogP contribution in [0.15, 0.2) is 60.7 Å². The maximum absolute atomic E-state index is 12.7. The topological polar surface area (TPSA) is 69.9 Å². The summed E-state index contributed by atoms with van der Waals surface area (Å²) in [5.41, 5.74) is 1.22. The number of hydrogen-bond acceptors (Lipinski definition) is 4. The lowest BCUT2D eigenvalue weighted by atomic mass is 10.1. The van der Waals surface area contributed by atoms with E-state index in [2.05, 4.69) is 0 Å². The maximum Gasteiger partial charge on any atom is 0.416 e. The first-order valence-electron chi connectivity index (χ1n) is 10.4. The van der Waals surface area contributed by atoms with Crippen LogP contribution >= 0.6 is 11.6 Å². The summed E-state index contributed by atoms with van der Waals surface area (Å²) in [6.45, 7) is 0.340. The number of carbonyl (C=O) groups is 1. The van der Waals surface area contributed by atoms with Gasteiger partial charge in [0.15, 0.2) is 11.5 Å². The summed E-state index contributed by atoms with van der Waals surface area (Å²) in [5, 5.41) is 10.8. The van der Waals surface area contributed by atoms with Gasteiger partial charge in [0.25, 0.3) is 0 Å². The Labute approximate surface area is 202 Å². The van der Waals surface area contributed by atoms with Gasteiger partial charge in [-0.1, -0.05) is 23.7 Å². The Bertz CT molecular complexity index is 1430. The molecule has 0 saturated carbocycles. The molecule has 0 radical (unpaired) electrons. The van der Waals surface area contributed by atoms with E-state index in [-0.39, 0.29) is 25.6 Å². The number of aromatic nitrogens is 1. The molecule has 6 nitrogen and oxygen atoms in total. The monoisotopic (exact) mass is 503 g/mol. The zero-order valence-corrected chi connectivity index (χ0v) is 18.7. The predicted octanol–water partition coefficient (Wildman–Crippen LogP) is 6.37. The summed E-state index contributed by atoms with van der Waals surface area (Å²) in [5.74, 6) is 0.416. The lowest BCUT2D eigenvalue weighted by Gasteiger charge is -2.12. The SMILES string of the molecule is O=C(O)c1cc2cc(OCc3ccc(C(F)(F)F)cc3)ccc2n1Cc1cc2c(cc1Cl)OCO2. The van der Waals surface area contributed by atoms with E-state index < -0.39 is 17.7 Å². The average Bonchev–Trinajstić information content (AvgIpc) is 3.41. The van der Waals surface area contributed by atoms with Crippen molar-refractivity contribution in [2.75, 3.05) is 6.79 Å². The van der Waals surface area contributed by atoms with Crippen molar-refractivity contribution in [1.82, 2.24) is 4.57 Å². The van der Waals surface area contributed by atoms with Crippen molar-refractivity contribution in [2.24, 2.45) is 0 Å². The van der Waals surface area contributed by atoms with Gasteiger partial charge in [0.1, 0.15) is 18.1 Å². The molecule has 2 heterocycles. The number of carboxylic acids is 1. The molecule has 0 spiro atoms. The van der Waals surface area contributed by atoms with E-state index in [1.165, 1.54) is 18.2 Å². The molecule has 0 bridgehead atoms. The maximum atomic E-state index is 12.7. The van der Waals surface area contributed by atoms with Crippen LogP contribution in [0.3, 0.4) is 0 Å². The van der Waals surface area contributed by atoms with Crippen molar-refractivity contribution in [3.63, 3.8) is 0 Å². The van der Waals surface area contributed by atoms with E-state index in [0.717, 1.165) is 12.1 Å². The summed E-state index contributed by atoms with van der Waals surface area (Å²) < 4.78 is 56.3. The van der Waals surface area contributed by atoms with Crippen LogP contribution in [0.5, 0.6) is 17.2 Å². The predicted molar refractivity (Wildman–Crippen MR) is 121 cm³/mol. The number of fused-ring (bicyclic) bond motifs is 2. The first-order chi connectivity index (χ1) is 16.7. The zero-order valence-electron chi connectivity index (χ0n) is 17.9. The van der Waals surface area contributed by atoms with Crippen molar-refractivity contribution in [3.05, 3.63) is 88.1 Å². The highest BCUT2D eigenvalue weighted by atomic mass is 35.5. The molecule has 1 aromatic heterocycles. The molecule has 0 amide bonds. The van der Waals surface area contributed by atoms with Gasteiger partial charge in [0.05, 0.1) is 12.1 Å². The van der Waals surface area contributed by atoms with Crippen LogP contribution in [0.1, 0.15) is 27.2 Å². The van der Waals surface area contributed by atoms with E-state index in [1.807, 2.05) is 0 Å². The van der Waals surface area contributed by atoms with E-state index in [1.54, 1.807) is 34.9 Å². The van der Waals surface area contributed by atoms with Crippen LogP contribution < -0.4 is 14.2 Å². The fourth-order valence-corrected chi connectivity index (χ4v) is 4.11. The summed E-state index contributed by atoms with van der Waals surface area (Å²) in [4.78, 5) is 11.9. The summed E-state index contributed by atoms with van der Waals surface area (Å²) in [7, 11) is 0. The number of aromatic carboxylic acids is 1. The first-order valence-corrected chi connectivity index (χ1v) is 10.8. The Kier molecular flexibility index (Phi) is 5.72. The fourth-order valence-electron chi connectivity index (χ4n) is 3.89. The van der Waals surface area contributed by atoms with Crippen LogP contribution in [-0.2, 0) is 19.3 Å². The van der Waals surface area contributed by atoms with Crippen LogP contribution in [0.2, 0.25) is 5.02 Å². The second kappa shape index (κ2) is 8.74. The molecule has 10 heteroatoms. The lowest BCUT2D eigenvalue weighted by Crippen LogP contribution is -2.09. The Morgan fingerprint density at radius 1 is 1.03 bits per heavy atom. The molecule has 5 rings (SSSR count). The minimum atomic E-state index is -4.40. The molecular weight excluding hydrogens is 487 g/mol. The molecule has 0 atom stereocenters. The molecule has 1 aliphatic rings. The normalized spacial score (nSPS) is 12.8. The molecule has 0 fully saturated rings. The third-order valence-electron chi connectivity index (χ3n) is 5.65. The number of carboxylic acid groups (broad SMARTS) is 1. The number of benzene rings is 3. The Hall–Kier alpha value is -3.85. The molecule has 4 aromatic rings. The van der Waals surface area contributed by atoms with Crippen molar-refractivity contribution in [3.8, 4) is 17.2 Å². The van der Waals surface area contributed by atoms with Gasteiger partial charge < -0.3 is 23.9 Å². The summed E-state index contributed by atoms with van der Waals surface area (Å²) in [6.07, 6.45) is -4.40. The molecule has 0 aliphatic carbocycles. The van der Waals surface area contributed by atoms with Crippen LogP contribution in [-0.4, -0.2) is 22.4 Å². The average molecular weight is 504 g/mol. The second-order valence-electron chi connectivity index (χ2n) is 7.92. The van der Waals surface area contributed by atoms with Gasteiger partial charge in [-0.25, -0.2) is 4.79 Å². The highest BCUT2D eigenvalue weighted by molar-refractivity contribution is 6.31. The highest BCUT2D eigenvalue weighted by Crippen LogP contribution is 2.38. The lowest BCUT2D eigenvalue weighted by molar-refractivity contribution is -0.137. The van der Waals surface area contributed by atoms with E-state index in [0.29, 0.717) is 44.3 Å². The van der Waals surface area contributed by atoms with Crippen LogP contribution in [0.4, 0.5) is 13.2 Å². The van der Waals surface area contributed by atoms with Crippen LogP contribution in [0.25, 0.3) is 10.9 Å². The number of nitrogens with zero attached hydrogens (tertiary/aromatic N) is 1. The van der Waals surface area contributed by atoms with E-state index in [9.17, 15) is 23.1 Å². The van der Waals surface area contributed by atoms with Crippen LogP contribution in [0, 0.1) is 0 Å². The molecular formula is C25H17ClF3NO5. The summed E-state index contributed by atoms with van der Waals surface area (Å²) in [6, 6.07) is 14.7. The molecule has 3 aromatic carbocycles. The third-order valence-corrected chi connectivity index (χ3v) is 6.00. The largest absolute Gasteiger partial charge is 0.489 e. The molecule has 0 saturated heterocycles.